The monoisotopic (exact) mass is 425 g/mol. The minimum atomic E-state index is -3.06. The lowest BCUT2D eigenvalue weighted by Crippen LogP contribution is -2.41. The van der Waals surface area contributed by atoms with Crippen molar-refractivity contribution < 1.29 is 26.7 Å². The number of benzene rings is 2. The Morgan fingerprint density at radius 1 is 1.17 bits per heavy atom. The first-order valence-electron chi connectivity index (χ1n) is 9.87. The molecule has 0 saturated carbocycles. The first-order valence-corrected chi connectivity index (χ1v) is 9.87. The highest BCUT2D eigenvalue weighted by Crippen LogP contribution is 2.40. The Balaban J connectivity index is 1.96. The summed E-state index contributed by atoms with van der Waals surface area (Å²) in [6, 6.07) is 9.08. The highest BCUT2D eigenvalue weighted by Gasteiger charge is 2.53. The fourth-order valence-electron chi connectivity index (χ4n) is 3.93. The molecule has 0 spiro atoms. The fraction of sp³-hybridized carbons (Fsp3) is 0.435. The Bertz CT molecular complexity index is 928. The van der Waals surface area contributed by atoms with Crippen LogP contribution >= 0.6 is 0 Å². The second-order valence-electron chi connectivity index (χ2n) is 8.15. The maximum absolute atomic E-state index is 15.3. The van der Waals surface area contributed by atoms with Crippen molar-refractivity contribution in [3.63, 3.8) is 0 Å². The molecular formula is C23H24F5NO. The molecule has 2 nitrogen and oxygen atoms in total. The molecule has 0 radical (unpaired) electrons. The molecule has 1 heterocycles. The third-order valence-corrected chi connectivity index (χ3v) is 5.76. The number of rotatable bonds is 5. The van der Waals surface area contributed by atoms with E-state index in [1.54, 1.807) is 19.9 Å². The topological polar surface area (TPSA) is 20.3 Å². The van der Waals surface area contributed by atoms with Crippen LogP contribution in [0, 0.1) is 17.7 Å². The maximum Gasteiger partial charge on any atom is 0.269 e. The van der Waals surface area contributed by atoms with Gasteiger partial charge in [-0.1, -0.05) is 57.2 Å². The summed E-state index contributed by atoms with van der Waals surface area (Å²) in [5, 5.41) is 0. The van der Waals surface area contributed by atoms with Gasteiger partial charge >= 0.3 is 0 Å². The Labute approximate surface area is 172 Å². The largest absolute Gasteiger partial charge is 0.333 e. The molecule has 162 valence electrons. The number of carbonyl (C=O) groups excluding carboxylic acids is 1. The van der Waals surface area contributed by atoms with Crippen LogP contribution in [-0.4, -0.2) is 29.3 Å². The van der Waals surface area contributed by atoms with E-state index < -0.39 is 48.5 Å². The van der Waals surface area contributed by atoms with Gasteiger partial charge < -0.3 is 4.90 Å². The smallest absolute Gasteiger partial charge is 0.269 e. The molecule has 3 rings (SSSR count). The van der Waals surface area contributed by atoms with Gasteiger partial charge in [-0.05, 0) is 23.6 Å². The molecule has 1 fully saturated rings. The Hall–Kier alpha value is -2.44. The van der Waals surface area contributed by atoms with Crippen LogP contribution in [0.25, 0.3) is 11.1 Å². The fourth-order valence-corrected chi connectivity index (χ4v) is 3.93. The number of likely N-dealkylation sites (tertiary alicyclic amines) is 1. The SMILES string of the molecule is CC(C)C(=O)N1CC(F)(F)[C@H](C)[C@@H]1Cc1cccc(-c2cccc(C(F)F)c2)c1F. The van der Waals surface area contributed by atoms with Crippen LogP contribution in [0.4, 0.5) is 22.0 Å². The van der Waals surface area contributed by atoms with Crippen LogP contribution in [0.2, 0.25) is 0 Å². The summed E-state index contributed by atoms with van der Waals surface area (Å²) in [7, 11) is 0. The van der Waals surface area contributed by atoms with E-state index in [9.17, 15) is 22.4 Å². The summed E-state index contributed by atoms with van der Waals surface area (Å²) in [5.74, 6) is -5.70. The third kappa shape index (κ3) is 4.20. The van der Waals surface area contributed by atoms with Gasteiger partial charge in [0.2, 0.25) is 5.91 Å². The van der Waals surface area contributed by atoms with E-state index in [4.69, 9.17) is 0 Å². The zero-order valence-electron chi connectivity index (χ0n) is 17.0. The van der Waals surface area contributed by atoms with Gasteiger partial charge in [0.25, 0.3) is 12.3 Å². The average molecular weight is 425 g/mol. The van der Waals surface area contributed by atoms with E-state index in [2.05, 4.69) is 0 Å². The van der Waals surface area contributed by atoms with Crippen molar-refractivity contribution in [3.8, 4) is 11.1 Å². The zero-order chi connectivity index (χ0) is 22.2. The molecule has 1 aliphatic rings. The zero-order valence-corrected chi connectivity index (χ0v) is 17.0. The lowest BCUT2D eigenvalue weighted by molar-refractivity contribution is -0.136. The molecule has 0 N–H and O–H groups in total. The third-order valence-electron chi connectivity index (χ3n) is 5.76. The molecule has 2 aromatic carbocycles. The van der Waals surface area contributed by atoms with E-state index in [0.29, 0.717) is 0 Å². The van der Waals surface area contributed by atoms with Gasteiger partial charge in [0, 0.05) is 29.0 Å². The van der Waals surface area contributed by atoms with Crippen LogP contribution in [0.5, 0.6) is 0 Å². The average Bonchev–Trinajstić information content (AvgIpc) is 2.92. The van der Waals surface area contributed by atoms with Gasteiger partial charge in [0.15, 0.2) is 0 Å². The molecular weight excluding hydrogens is 401 g/mol. The van der Waals surface area contributed by atoms with Gasteiger partial charge in [-0.15, -0.1) is 0 Å². The number of nitrogens with zero attached hydrogens (tertiary/aromatic N) is 1. The van der Waals surface area contributed by atoms with Crippen molar-refractivity contribution >= 4 is 5.91 Å². The second-order valence-corrected chi connectivity index (χ2v) is 8.15. The van der Waals surface area contributed by atoms with E-state index in [1.807, 2.05) is 0 Å². The summed E-state index contributed by atoms with van der Waals surface area (Å²) in [4.78, 5) is 13.6. The molecule has 7 heteroatoms. The number of halogens is 5. The molecule has 0 aromatic heterocycles. The molecule has 2 atom stereocenters. The number of hydrogen-bond acceptors (Lipinski definition) is 1. The molecule has 0 aliphatic carbocycles. The Kier molecular flexibility index (Phi) is 6.20. The van der Waals surface area contributed by atoms with Crippen molar-refractivity contribution in [1.82, 2.24) is 4.90 Å². The molecule has 0 bridgehead atoms. The van der Waals surface area contributed by atoms with Gasteiger partial charge in [-0.25, -0.2) is 22.0 Å². The number of hydrogen-bond donors (Lipinski definition) is 0. The normalized spacial score (nSPS) is 20.9. The van der Waals surface area contributed by atoms with E-state index >= 15 is 4.39 Å². The highest BCUT2D eigenvalue weighted by atomic mass is 19.3. The molecule has 30 heavy (non-hydrogen) atoms. The van der Waals surface area contributed by atoms with Crippen molar-refractivity contribution in [2.24, 2.45) is 11.8 Å². The number of amides is 1. The lowest BCUT2D eigenvalue weighted by atomic mass is 9.91. The minimum Gasteiger partial charge on any atom is -0.333 e. The van der Waals surface area contributed by atoms with Crippen LogP contribution in [0.3, 0.4) is 0 Å². The summed E-state index contributed by atoms with van der Waals surface area (Å²) < 4.78 is 70.0. The van der Waals surface area contributed by atoms with Crippen molar-refractivity contribution in [2.75, 3.05) is 6.54 Å². The number of alkyl halides is 4. The standard InChI is InChI=1S/C23H24F5NO/c1-13(2)22(30)29-12-23(27,28)14(3)19(29)11-16-7-5-9-18(20(16)24)15-6-4-8-17(10-15)21(25)26/h4-10,13-14,19,21H,11-12H2,1-3H3/t14-,19+/m1/s1. The predicted octanol–water partition coefficient (Wildman–Crippen LogP) is 6.11. The van der Waals surface area contributed by atoms with E-state index in [0.717, 1.165) is 4.90 Å². The number of carbonyl (C=O) groups is 1. The van der Waals surface area contributed by atoms with E-state index in [1.165, 1.54) is 43.3 Å². The molecule has 1 amide bonds. The van der Waals surface area contributed by atoms with Crippen LogP contribution < -0.4 is 0 Å². The van der Waals surface area contributed by atoms with Gasteiger partial charge in [0.1, 0.15) is 5.82 Å². The van der Waals surface area contributed by atoms with Crippen molar-refractivity contribution in [1.29, 1.82) is 0 Å². The van der Waals surface area contributed by atoms with Crippen LogP contribution in [-0.2, 0) is 11.2 Å². The Morgan fingerprint density at radius 3 is 2.47 bits per heavy atom. The van der Waals surface area contributed by atoms with Gasteiger partial charge in [-0.3, -0.25) is 4.79 Å². The second kappa shape index (κ2) is 8.36. The minimum absolute atomic E-state index is 0.0799. The predicted molar refractivity (Wildman–Crippen MR) is 105 cm³/mol. The first-order chi connectivity index (χ1) is 14.0. The summed E-state index contributed by atoms with van der Waals surface area (Å²) >= 11 is 0. The quantitative estimate of drug-likeness (QED) is 0.529. The summed E-state index contributed by atoms with van der Waals surface area (Å²) in [6.45, 7) is 3.95. The molecule has 0 unspecified atom stereocenters. The highest BCUT2D eigenvalue weighted by molar-refractivity contribution is 5.79. The molecule has 2 aromatic rings. The van der Waals surface area contributed by atoms with Crippen LogP contribution in [0.1, 0.15) is 38.3 Å². The van der Waals surface area contributed by atoms with Gasteiger partial charge in [-0.2, -0.15) is 0 Å². The Morgan fingerprint density at radius 2 is 1.83 bits per heavy atom. The van der Waals surface area contributed by atoms with Crippen LogP contribution in [0.15, 0.2) is 42.5 Å². The maximum atomic E-state index is 15.3. The van der Waals surface area contributed by atoms with Crippen molar-refractivity contribution in [3.05, 3.63) is 59.4 Å². The van der Waals surface area contributed by atoms with Gasteiger partial charge in [0.05, 0.1) is 6.54 Å². The van der Waals surface area contributed by atoms with Crippen molar-refractivity contribution in [2.45, 2.75) is 45.6 Å². The summed E-state index contributed by atoms with van der Waals surface area (Å²) in [6.07, 6.45) is -2.77. The lowest BCUT2D eigenvalue weighted by Gasteiger charge is -2.28. The summed E-state index contributed by atoms with van der Waals surface area (Å²) in [5.41, 5.74) is 0.349. The molecule has 1 saturated heterocycles. The molecule has 1 aliphatic heterocycles. The first kappa shape index (κ1) is 22.2. The van der Waals surface area contributed by atoms with E-state index in [-0.39, 0.29) is 28.7 Å².